The molecule has 1 aromatic heterocycles. The minimum atomic E-state index is -0.563. The molecule has 0 bridgehead atoms. The lowest BCUT2D eigenvalue weighted by atomic mass is 9.99. The molecule has 0 aliphatic heterocycles. The number of rotatable bonds is 2. The third-order valence-electron chi connectivity index (χ3n) is 2.11. The van der Waals surface area contributed by atoms with Gasteiger partial charge in [0.25, 0.3) is 0 Å². The van der Waals surface area contributed by atoms with Gasteiger partial charge in [0.05, 0.1) is 23.3 Å². The number of methoxy groups -OCH3 is 1. The number of carbonyl (C=O) groups is 1. The summed E-state index contributed by atoms with van der Waals surface area (Å²) in [5.74, 6) is -0.00129. The SMILES string of the molecule is COCc1nc2c(s1)C(=O)CC(O)C2. The number of aromatic nitrogens is 1. The second kappa shape index (κ2) is 3.76. The fourth-order valence-electron chi connectivity index (χ4n) is 1.54. The Balaban J connectivity index is 2.30. The average molecular weight is 213 g/mol. The molecule has 0 aromatic carbocycles. The number of thiazole rings is 1. The maximum atomic E-state index is 11.5. The quantitative estimate of drug-likeness (QED) is 0.788. The Morgan fingerprint density at radius 1 is 1.64 bits per heavy atom. The summed E-state index contributed by atoms with van der Waals surface area (Å²) in [5, 5.41) is 10.2. The first-order valence-corrected chi connectivity index (χ1v) is 5.21. The standard InChI is InChI=1S/C9H11NO3S/c1-13-4-8-10-6-2-5(11)3-7(12)9(6)14-8/h5,11H,2-4H2,1H3. The summed E-state index contributed by atoms with van der Waals surface area (Å²) in [7, 11) is 1.59. The van der Waals surface area contributed by atoms with Crippen LogP contribution in [0.4, 0.5) is 0 Å². The third kappa shape index (κ3) is 1.70. The van der Waals surface area contributed by atoms with Gasteiger partial charge in [-0.25, -0.2) is 4.98 Å². The zero-order valence-corrected chi connectivity index (χ0v) is 8.63. The molecular weight excluding hydrogens is 202 g/mol. The summed E-state index contributed by atoms with van der Waals surface area (Å²) < 4.78 is 4.94. The summed E-state index contributed by atoms with van der Waals surface area (Å²) in [5.41, 5.74) is 0.728. The van der Waals surface area contributed by atoms with Crippen LogP contribution in [0, 0.1) is 0 Å². The van der Waals surface area contributed by atoms with Gasteiger partial charge in [0.1, 0.15) is 5.01 Å². The zero-order chi connectivity index (χ0) is 10.1. The van der Waals surface area contributed by atoms with Crippen LogP contribution >= 0.6 is 11.3 Å². The maximum absolute atomic E-state index is 11.5. The molecular formula is C9H11NO3S. The van der Waals surface area contributed by atoms with Crippen LogP contribution < -0.4 is 0 Å². The number of ketones is 1. The lowest BCUT2D eigenvalue weighted by Crippen LogP contribution is -2.22. The summed E-state index contributed by atoms with van der Waals surface area (Å²) in [6.45, 7) is 0.432. The molecule has 4 nitrogen and oxygen atoms in total. The molecule has 0 saturated heterocycles. The number of nitrogens with zero attached hydrogens (tertiary/aromatic N) is 1. The second-order valence-electron chi connectivity index (χ2n) is 3.30. The number of aliphatic hydroxyl groups excluding tert-OH is 1. The van der Waals surface area contributed by atoms with Gasteiger partial charge in [0, 0.05) is 20.0 Å². The van der Waals surface area contributed by atoms with E-state index >= 15 is 0 Å². The molecule has 0 saturated carbocycles. The molecule has 0 spiro atoms. The molecule has 76 valence electrons. The van der Waals surface area contributed by atoms with Crippen molar-refractivity contribution in [1.82, 2.24) is 4.98 Å². The van der Waals surface area contributed by atoms with E-state index in [1.807, 2.05) is 0 Å². The van der Waals surface area contributed by atoms with Gasteiger partial charge in [0.15, 0.2) is 5.78 Å². The van der Waals surface area contributed by atoms with Crippen LogP contribution in [0.3, 0.4) is 0 Å². The number of hydrogen-bond acceptors (Lipinski definition) is 5. The largest absolute Gasteiger partial charge is 0.392 e. The Morgan fingerprint density at radius 3 is 3.14 bits per heavy atom. The van der Waals surface area contributed by atoms with Crippen LogP contribution in [0.25, 0.3) is 0 Å². The van der Waals surface area contributed by atoms with Crippen molar-refractivity contribution in [2.24, 2.45) is 0 Å². The Hall–Kier alpha value is -0.780. The predicted octanol–water partition coefficient (Wildman–Crippen LogP) is 0.779. The van der Waals surface area contributed by atoms with Crippen molar-refractivity contribution < 1.29 is 14.6 Å². The number of aliphatic hydroxyl groups is 1. The molecule has 1 heterocycles. The van der Waals surface area contributed by atoms with Crippen LogP contribution in [0.1, 0.15) is 26.8 Å². The fraction of sp³-hybridized carbons (Fsp3) is 0.556. The normalized spacial score (nSPS) is 21.0. The van der Waals surface area contributed by atoms with Gasteiger partial charge in [0.2, 0.25) is 0 Å². The van der Waals surface area contributed by atoms with Crippen molar-refractivity contribution in [3.8, 4) is 0 Å². The van der Waals surface area contributed by atoms with Crippen molar-refractivity contribution in [3.63, 3.8) is 0 Å². The van der Waals surface area contributed by atoms with Gasteiger partial charge >= 0.3 is 0 Å². The maximum Gasteiger partial charge on any atom is 0.177 e. The van der Waals surface area contributed by atoms with E-state index in [4.69, 9.17) is 4.74 Å². The highest BCUT2D eigenvalue weighted by molar-refractivity contribution is 7.13. The minimum Gasteiger partial charge on any atom is -0.392 e. The van der Waals surface area contributed by atoms with E-state index < -0.39 is 6.10 Å². The minimum absolute atomic E-state index is 0.00129. The van der Waals surface area contributed by atoms with Gasteiger partial charge in [-0.1, -0.05) is 0 Å². The molecule has 1 atom stereocenters. The molecule has 1 N–H and O–H groups in total. The van der Waals surface area contributed by atoms with E-state index in [1.165, 1.54) is 11.3 Å². The summed E-state index contributed by atoms with van der Waals surface area (Å²) >= 11 is 1.37. The molecule has 5 heteroatoms. The Morgan fingerprint density at radius 2 is 2.43 bits per heavy atom. The molecule has 14 heavy (non-hydrogen) atoms. The van der Waals surface area contributed by atoms with Crippen LogP contribution in [0.5, 0.6) is 0 Å². The Labute approximate surface area is 85.5 Å². The summed E-state index contributed by atoms with van der Waals surface area (Å²) in [6, 6.07) is 0. The lowest BCUT2D eigenvalue weighted by molar-refractivity contribution is 0.0856. The van der Waals surface area contributed by atoms with Gasteiger partial charge in [-0.3, -0.25) is 4.79 Å². The molecule has 0 radical (unpaired) electrons. The van der Waals surface area contributed by atoms with Crippen LogP contribution in [-0.4, -0.2) is 29.1 Å². The van der Waals surface area contributed by atoms with Crippen molar-refractivity contribution >= 4 is 17.1 Å². The van der Waals surface area contributed by atoms with Crippen LogP contribution in [0.2, 0.25) is 0 Å². The molecule has 1 aromatic rings. The third-order valence-corrected chi connectivity index (χ3v) is 3.22. The Kier molecular flexibility index (Phi) is 2.62. The molecule has 1 unspecified atom stereocenters. The molecule has 1 aliphatic carbocycles. The highest BCUT2D eigenvalue weighted by Crippen LogP contribution is 2.27. The number of fused-ring (bicyclic) bond motifs is 1. The number of carbonyl (C=O) groups excluding carboxylic acids is 1. The van der Waals surface area contributed by atoms with Gasteiger partial charge in [-0.2, -0.15) is 0 Å². The van der Waals surface area contributed by atoms with Crippen molar-refractivity contribution in [2.75, 3.05) is 7.11 Å². The summed E-state index contributed by atoms with van der Waals surface area (Å²) in [4.78, 5) is 16.4. The van der Waals surface area contributed by atoms with Gasteiger partial charge in [-0.15, -0.1) is 11.3 Å². The number of hydrogen-bond donors (Lipinski definition) is 1. The first kappa shape index (κ1) is 9.76. The predicted molar refractivity (Wildman–Crippen MR) is 51.5 cm³/mol. The Bertz CT molecular complexity index is 361. The van der Waals surface area contributed by atoms with E-state index in [-0.39, 0.29) is 12.2 Å². The molecule has 0 fully saturated rings. The first-order valence-electron chi connectivity index (χ1n) is 4.39. The monoisotopic (exact) mass is 213 g/mol. The van der Waals surface area contributed by atoms with E-state index in [0.29, 0.717) is 17.9 Å². The van der Waals surface area contributed by atoms with Crippen molar-refractivity contribution in [3.05, 3.63) is 15.6 Å². The highest BCUT2D eigenvalue weighted by Gasteiger charge is 2.27. The first-order chi connectivity index (χ1) is 6.70. The average Bonchev–Trinajstić information content (AvgIpc) is 2.48. The number of Topliss-reactive ketones (excluding diaryl/α,β-unsaturated/α-hetero) is 1. The lowest BCUT2D eigenvalue weighted by Gasteiger charge is -2.13. The number of ether oxygens (including phenoxy) is 1. The topological polar surface area (TPSA) is 59.4 Å². The van der Waals surface area contributed by atoms with Gasteiger partial charge < -0.3 is 9.84 Å². The summed E-state index contributed by atoms with van der Waals surface area (Å²) in [6.07, 6.45) is 0.149. The zero-order valence-electron chi connectivity index (χ0n) is 7.82. The second-order valence-corrected chi connectivity index (χ2v) is 4.39. The van der Waals surface area contributed by atoms with E-state index in [0.717, 1.165) is 10.7 Å². The van der Waals surface area contributed by atoms with Crippen molar-refractivity contribution in [1.29, 1.82) is 0 Å². The molecule has 0 amide bonds. The van der Waals surface area contributed by atoms with Crippen molar-refractivity contribution in [2.45, 2.75) is 25.6 Å². The smallest absolute Gasteiger partial charge is 0.177 e. The van der Waals surface area contributed by atoms with Gasteiger partial charge in [-0.05, 0) is 0 Å². The fourth-order valence-corrected chi connectivity index (χ4v) is 2.56. The van der Waals surface area contributed by atoms with Crippen LogP contribution in [-0.2, 0) is 17.8 Å². The highest BCUT2D eigenvalue weighted by atomic mass is 32.1. The molecule has 1 aliphatic rings. The van der Waals surface area contributed by atoms with Crippen LogP contribution in [0.15, 0.2) is 0 Å². The van der Waals surface area contributed by atoms with E-state index in [9.17, 15) is 9.90 Å². The molecule has 2 rings (SSSR count). The van der Waals surface area contributed by atoms with E-state index in [1.54, 1.807) is 7.11 Å². The van der Waals surface area contributed by atoms with E-state index in [2.05, 4.69) is 4.98 Å².